The molecule has 0 atom stereocenters. The Morgan fingerprint density at radius 1 is 1.50 bits per heavy atom. The Labute approximate surface area is 96.9 Å². The van der Waals surface area contributed by atoms with E-state index in [4.69, 9.17) is 10.9 Å². The third kappa shape index (κ3) is 3.09. The Hall–Kier alpha value is -0.810. The largest absolute Gasteiger partial charge is 0.409 e. The summed E-state index contributed by atoms with van der Waals surface area (Å²) in [5.74, 6) is 0.299. The van der Waals surface area contributed by atoms with Gasteiger partial charge in [0.25, 0.3) is 0 Å². The molecule has 94 valence electrons. The summed E-state index contributed by atoms with van der Waals surface area (Å²) in [6.45, 7) is 5.01. The van der Waals surface area contributed by atoms with Gasteiger partial charge in [0.1, 0.15) is 5.84 Å². The van der Waals surface area contributed by atoms with Gasteiger partial charge in [-0.25, -0.2) is 0 Å². The summed E-state index contributed by atoms with van der Waals surface area (Å²) >= 11 is 0. The van der Waals surface area contributed by atoms with Gasteiger partial charge in [0, 0.05) is 18.5 Å². The quantitative estimate of drug-likeness (QED) is 0.270. The number of aliphatic hydroxyl groups excluding tert-OH is 1. The summed E-state index contributed by atoms with van der Waals surface area (Å²) in [6, 6.07) is 0. The number of rotatable bonds is 6. The maximum Gasteiger partial charge on any atom is 0.139 e. The van der Waals surface area contributed by atoms with Gasteiger partial charge in [-0.05, 0) is 39.2 Å². The van der Waals surface area contributed by atoms with Crippen molar-refractivity contribution in [2.75, 3.05) is 20.2 Å². The van der Waals surface area contributed by atoms with E-state index in [0.717, 1.165) is 19.4 Å². The van der Waals surface area contributed by atoms with E-state index in [9.17, 15) is 5.11 Å². The smallest absolute Gasteiger partial charge is 0.139 e. The first-order valence-corrected chi connectivity index (χ1v) is 5.64. The molecule has 0 saturated heterocycles. The first-order valence-electron chi connectivity index (χ1n) is 5.64. The van der Waals surface area contributed by atoms with Crippen molar-refractivity contribution in [2.45, 2.75) is 38.6 Å². The van der Waals surface area contributed by atoms with Crippen LogP contribution >= 0.6 is 0 Å². The minimum Gasteiger partial charge on any atom is -0.409 e. The molecule has 0 bridgehead atoms. The molecule has 0 heterocycles. The lowest BCUT2D eigenvalue weighted by molar-refractivity contribution is 0.0632. The molecule has 1 fully saturated rings. The summed E-state index contributed by atoms with van der Waals surface area (Å²) in [6.07, 6.45) is 2.85. The third-order valence-corrected chi connectivity index (χ3v) is 3.63. The van der Waals surface area contributed by atoms with Gasteiger partial charge < -0.3 is 16.0 Å². The normalized spacial score (nSPS) is 20.2. The average molecular weight is 229 g/mol. The SMILES string of the molecule is CN(CC1(CC(N)=NO)CC1)C(C)(C)CO. The monoisotopic (exact) mass is 229 g/mol. The number of likely N-dealkylation sites (N-methyl/N-ethyl adjacent to an activating group) is 1. The number of amidine groups is 1. The van der Waals surface area contributed by atoms with Crippen molar-refractivity contribution in [3.8, 4) is 0 Å². The molecule has 0 aromatic rings. The minimum absolute atomic E-state index is 0.128. The average Bonchev–Trinajstić information content (AvgIpc) is 2.97. The molecule has 0 aromatic heterocycles. The molecule has 1 saturated carbocycles. The van der Waals surface area contributed by atoms with E-state index in [-0.39, 0.29) is 17.6 Å². The second kappa shape index (κ2) is 4.59. The van der Waals surface area contributed by atoms with Gasteiger partial charge in [0.05, 0.1) is 6.61 Å². The topological polar surface area (TPSA) is 82.1 Å². The maximum atomic E-state index is 9.28. The van der Waals surface area contributed by atoms with Crippen molar-refractivity contribution in [3.05, 3.63) is 0 Å². The summed E-state index contributed by atoms with van der Waals surface area (Å²) < 4.78 is 0. The van der Waals surface area contributed by atoms with Gasteiger partial charge in [-0.15, -0.1) is 0 Å². The maximum absolute atomic E-state index is 9.28. The predicted octanol–water partition coefficient (Wildman–Crippen LogP) is 0.606. The Bertz CT molecular complexity index is 272. The van der Waals surface area contributed by atoms with Crippen molar-refractivity contribution in [1.82, 2.24) is 4.90 Å². The van der Waals surface area contributed by atoms with E-state index in [1.54, 1.807) is 0 Å². The molecule has 0 unspecified atom stereocenters. The fourth-order valence-corrected chi connectivity index (χ4v) is 1.82. The molecule has 4 N–H and O–H groups in total. The van der Waals surface area contributed by atoms with Crippen molar-refractivity contribution < 1.29 is 10.3 Å². The lowest BCUT2D eigenvalue weighted by Gasteiger charge is -2.36. The second-order valence-corrected chi connectivity index (χ2v) is 5.59. The van der Waals surface area contributed by atoms with Crippen molar-refractivity contribution in [1.29, 1.82) is 0 Å². The number of hydrogen-bond acceptors (Lipinski definition) is 4. The first kappa shape index (κ1) is 13.3. The lowest BCUT2D eigenvalue weighted by atomic mass is 9.97. The highest BCUT2D eigenvalue weighted by Gasteiger charge is 2.45. The van der Waals surface area contributed by atoms with Crippen LogP contribution in [-0.2, 0) is 0 Å². The van der Waals surface area contributed by atoms with E-state index in [2.05, 4.69) is 10.1 Å². The van der Waals surface area contributed by atoms with Crippen LogP contribution in [-0.4, -0.2) is 46.8 Å². The van der Waals surface area contributed by atoms with Crippen molar-refractivity contribution >= 4 is 5.84 Å². The van der Waals surface area contributed by atoms with Crippen LogP contribution in [0.2, 0.25) is 0 Å². The summed E-state index contributed by atoms with van der Waals surface area (Å²) in [4.78, 5) is 2.14. The zero-order valence-corrected chi connectivity index (χ0v) is 10.4. The molecule has 0 aromatic carbocycles. The molecule has 0 radical (unpaired) electrons. The molecule has 1 aliphatic rings. The summed E-state index contributed by atoms with van der Waals surface area (Å²) in [5, 5.41) is 20.9. The van der Waals surface area contributed by atoms with Gasteiger partial charge in [0.15, 0.2) is 0 Å². The molecule has 1 aliphatic carbocycles. The van der Waals surface area contributed by atoms with E-state index in [1.165, 1.54) is 0 Å². The van der Waals surface area contributed by atoms with Gasteiger partial charge in [-0.1, -0.05) is 5.16 Å². The van der Waals surface area contributed by atoms with E-state index in [1.807, 2.05) is 20.9 Å². The fraction of sp³-hybridized carbons (Fsp3) is 0.909. The van der Waals surface area contributed by atoms with Crippen LogP contribution in [0.15, 0.2) is 5.16 Å². The van der Waals surface area contributed by atoms with Crippen LogP contribution in [0.3, 0.4) is 0 Å². The van der Waals surface area contributed by atoms with Crippen LogP contribution in [0.25, 0.3) is 0 Å². The highest BCUT2D eigenvalue weighted by molar-refractivity contribution is 5.80. The van der Waals surface area contributed by atoms with Crippen molar-refractivity contribution in [2.24, 2.45) is 16.3 Å². The summed E-state index contributed by atoms with van der Waals surface area (Å²) in [7, 11) is 2.00. The first-order chi connectivity index (χ1) is 7.35. The Morgan fingerprint density at radius 2 is 2.06 bits per heavy atom. The van der Waals surface area contributed by atoms with Gasteiger partial charge in [-0.2, -0.15) is 0 Å². The third-order valence-electron chi connectivity index (χ3n) is 3.63. The predicted molar refractivity (Wildman–Crippen MR) is 63.5 cm³/mol. The van der Waals surface area contributed by atoms with Crippen LogP contribution < -0.4 is 5.73 Å². The van der Waals surface area contributed by atoms with Gasteiger partial charge >= 0.3 is 0 Å². The van der Waals surface area contributed by atoms with Crippen LogP contribution in [0.1, 0.15) is 33.1 Å². The van der Waals surface area contributed by atoms with Crippen LogP contribution in [0, 0.1) is 5.41 Å². The van der Waals surface area contributed by atoms with Crippen molar-refractivity contribution in [3.63, 3.8) is 0 Å². The molecular formula is C11H23N3O2. The second-order valence-electron chi connectivity index (χ2n) is 5.59. The van der Waals surface area contributed by atoms with Gasteiger partial charge in [-0.3, -0.25) is 4.90 Å². The summed E-state index contributed by atoms with van der Waals surface area (Å²) in [5.41, 5.74) is 5.48. The number of hydrogen-bond donors (Lipinski definition) is 3. The molecule has 5 nitrogen and oxygen atoms in total. The number of nitrogens with zero attached hydrogens (tertiary/aromatic N) is 2. The number of oxime groups is 1. The highest BCUT2D eigenvalue weighted by atomic mass is 16.4. The van der Waals surface area contributed by atoms with Crippen LogP contribution in [0.4, 0.5) is 0 Å². The molecule has 5 heteroatoms. The Balaban J connectivity index is 2.54. The highest BCUT2D eigenvalue weighted by Crippen LogP contribution is 2.49. The molecule has 16 heavy (non-hydrogen) atoms. The molecule has 0 aliphatic heterocycles. The molecule has 0 amide bonds. The Kier molecular flexibility index (Phi) is 3.80. The number of aliphatic hydroxyl groups is 1. The zero-order chi connectivity index (χ0) is 12.4. The molecule has 1 rings (SSSR count). The Morgan fingerprint density at radius 3 is 2.44 bits per heavy atom. The van der Waals surface area contributed by atoms with Crippen LogP contribution in [0.5, 0.6) is 0 Å². The minimum atomic E-state index is -0.222. The van der Waals surface area contributed by atoms with E-state index < -0.39 is 0 Å². The molecule has 0 spiro atoms. The number of nitrogens with two attached hydrogens (primary N) is 1. The fourth-order valence-electron chi connectivity index (χ4n) is 1.82. The standard InChI is InChI=1S/C11H23N3O2/c1-10(2,8-15)14(3)7-11(4-5-11)6-9(12)13-16/h15-16H,4-8H2,1-3H3,(H2,12,13). The van der Waals surface area contributed by atoms with Gasteiger partial charge in [0.2, 0.25) is 0 Å². The lowest BCUT2D eigenvalue weighted by Crippen LogP contribution is -2.47. The van der Waals surface area contributed by atoms with E-state index in [0.29, 0.717) is 12.3 Å². The molecular weight excluding hydrogens is 206 g/mol. The van der Waals surface area contributed by atoms with E-state index >= 15 is 0 Å². The zero-order valence-electron chi connectivity index (χ0n) is 10.4.